The van der Waals surface area contributed by atoms with Gasteiger partial charge in [0.05, 0.1) is 11.8 Å². The Balaban J connectivity index is 0.00000444. The summed E-state index contributed by atoms with van der Waals surface area (Å²) in [6, 6.07) is 7.69. The third-order valence-corrected chi connectivity index (χ3v) is 6.88. The summed E-state index contributed by atoms with van der Waals surface area (Å²) < 4.78 is 27.6. The number of allylic oxidation sites excluding steroid dienone is 1. The minimum Gasteiger partial charge on any atom is -0.463 e. The summed E-state index contributed by atoms with van der Waals surface area (Å²) in [7, 11) is 0. The highest BCUT2D eigenvalue weighted by atomic mass is 16.7. The van der Waals surface area contributed by atoms with Crippen molar-refractivity contribution in [2.45, 2.75) is 87.0 Å². The van der Waals surface area contributed by atoms with Crippen LogP contribution in [0.15, 0.2) is 66.1 Å². The highest BCUT2D eigenvalue weighted by Gasteiger charge is 2.42. The maximum Gasteiger partial charge on any atom is 0.332 e. The van der Waals surface area contributed by atoms with Gasteiger partial charge in [-0.1, -0.05) is 104 Å². The van der Waals surface area contributed by atoms with Crippen LogP contribution in [-0.4, -0.2) is 68.0 Å². The average Bonchev–Trinajstić information content (AvgIpc) is 3.12. The van der Waals surface area contributed by atoms with Crippen molar-refractivity contribution in [3.8, 4) is 0 Å². The molecule has 0 aliphatic carbocycles. The van der Waals surface area contributed by atoms with Crippen molar-refractivity contribution in [3.05, 3.63) is 71.7 Å². The fraction of sp³-hybridized carbons (Fsp3) is 0.528. The lowest BCUT2D eigenvalue weighted by atomic mass is 9.91. The zero-order chi connectivity index (χ0) is 36.4. The molecule has 1 aromatic rings. The topological polar surface area (TPSA) is 156 Å². The smallest absolute Gasteiger partial charge is 0.332 e. The molecular formula is C36H54N2O10. The molecule has 48 heavy (non-hydrogen) atoms. The molecule has 1 aromatic carbocycles. The summed E-state index contributed by atoms with van der Waals surface area (Å²) in [5.41, 5.74) is 1.20. The number of nitrogens with one attached hydrogen (secondary N) is 2. The molecule has 1 amide bonds. The van der Waals surface area contributed by atoms with Gasteiger partial charge in [0, 0.05) is 13.5 Å². The predicted octanol–water partition coefficient (Wildman–Crippen LogP) is 4.79. The number of esters is 4. The molecule has 2 N–H and O–H groups in total. The van der Waals surface area contributed by atoms with Crippen molar-refractivity contribution < 1.29 is 49.1 Å². The lowest BCUT2D eigenvalue weighted by molar-refractivity contribution is -0.176. The summed E-state index contributed by atoms with van der Waals surface area (Å²) in [4.78, 5) is 64.6. The van der Waals surface area contributed by atoms with Gasteiger partial charge < -0.3 is 34.3 Å². The zero-order valence-corrected chi connectivity index (χ0v) is 29.6. The number of carbonyl (C=O) groups excluding carboxylic acids is 5. The molecule has 2 aliphatic heterocycles. The second-order valence-electron chi connectivity index (χ2n) is 11.0. The molecule has 268 valence electrons. The Morgan fingerprint density at radius 2 is 1.65 bits per heavy atom. The molecule has 1 saturated heterocycles. The Bertz CT molecular complexity index is 1310. The molecule has 2 heterocycles. The quantitative estimate of drug-likeness (QED) is 0.189. The molecule has 1 fully saturated rings. The summed E-state index contributed by atoms with van der Waals surface area (Å²) in [6.07, 6.45) is 1.14. The second-order valence-corrected chi connectivity index (χ2v) is 11.0. The SMILES string of the molecule is C=CC1=CCNC(C(=O)N[C@H]2COC(=O)[C@H](Cc3ccccc3)[C@@H](OC(=O)C(C)C)[C@H](C)OC2=O)=C1OCOC(=O)C(C)C.CC.CC.[HH]. The van der Waals surface area contributed by atoms with Gasteiger partial charge in [-0.05, 0) is 18.9 Å². The Hall–Kier alpha value is -4.61. The van der Waals surface area contributed by atoms with Gasteiger partial charge in [0.1, 0.15) is 24.3 Å². The van der Waals surface area contributed by atoms with Crippen molar-refractivity contribution in [1.82, 2.24) is 10.6 Å². The van der Waals surface area contributed by atoms with Crippen LogP contribution in [0, 0.1) is 17.8 Å². The van der Waals surface area contributed by atoms with Crippen LogP contribution < -0.4 is 10.6 Å². The molecule has 0 unspecified atom stereocenters. The highest BCUT2D eigenvalue weighted by molar-refractivity contribution is 5.97. The molecule has 0 spiro atoms. The number of rotatable bonds is 11. The van der Waals surface area contributed by atoms with E-state index in [1.807, 2.05) is 58.0 Å². The van der Waals surface area contributed by atoms with Gasteiger partial charge in [0.15, 0.2) is 17.9 Å². The summed E-state index contributed by atoms with van der Waals surface area (Å²) in [6.45, 7) is 19.1. The Labute approximate surface area is 285 Å². The van der Waals surface area contributed by atoms with Crippen molar-refractivity contribution in [1.29, 1.82) is 0 Å². The van der Waals surface area contributed by atoms with E-state index in [1.54, 1.807) is 33.8 Å². The molecule has 2 aliphatic rings. The van der Waals surface area contributed by atoms with E-state index in [0.717, 1.165) is 5.56 Å². The van der Waals surface area contributed by atoms with E-state index >= 15 is 0 Å². The molecule has 3 rings (SSSR count). The van der Waals surface area contributed by atoms with Crippen LogP contribution in [0.5, 0.6) is 0 Å². The minimum atomic E-state index is -1.40. The molecule has 12 nitrogen and oxygen atoms in total. The fourth-order valence-corrected chi connectivity index (χ4v) is 4.39. The van der Waals surface area contributed by atoms with Crippen LogP contribution in [0.4, 0.5) is 0 Å². The normalized spacial score (nSPS) is 20.7. The third-order valence-electron chi connectivity index (χ3n) is 6.88. The number of dihydropyridines is 1. The van der Waals surface area contributed by atoms with Crippen molar-refractivity contribution >= 4 is 29.8 Å². The Morgan fingerprint density at radius 3 is 2.23 bits per heavy atom. The van der Waals surface area contributed by atoms with E-state index in [0.29, 0.717) is 5.57 Å². The number of hydrogen-bond donors (Lipinski definition) is 2. The minimum absolute atomic E-state index is 0. The van der Waals surface area contributed by atoms with E-state index in [4.69, 9.17) is 23.7 Å². The lowest BCUT2D eigenvalue weighted by Gasteiger charge is -2.29. The predicted molar refractivity (Wildman–Crippen MR) is 182 cm³/mol. The first-order valence-electron chi connectivity index (χ1n) is 16.5. The molecule has 0 radical (unpaired) electrons. The number of benzene rings is 1. The zero-order valence-electron chi connectivity index (χ0n) is 29.6. The number of amides is 1. The van der Waals surface area contributed by atoms with Crippen LogP contribution in [-0.2, 0) is 54.1 Å². The van der Waals surface area contributed by atoms with Crippen LogP contribution in [0.25, 0.3) is 0 Å². The Kier molecular flexibility index (Phi) is 18.4. The maximum atomic E-state index is 13.4. The first-order chi connectivity index (χ1) is 22.9. The molecule has 4 atom stereocenters. The average molecular weight is 675 g/mol. The van der Waals surface area contributed by atoms with Gasteiger partial charge in [-0.15, -0.1) is 0 Å². The molecule has 0 bridgehead atoms. The fourth-order valence-electron chi connectivity index (χ4n) is 4.39. The number of cyclic esters (lactones) is 2. The number of ether oxygens (including phenoxy) is 5. The van der Waals surface area contributed by atoms with Gasteiger partial charge in [0.25, 0.3) is 5.91 Å². The van der Waals surface area contributed by atoms with Crippen LogP contribution in [0.2, 0.25) is 0 Å². The molecule has 0 aromatic heterocycles. The monoisotopic (exact) mass is 674 g/mol. The third kappa shape index (κ3) is 12.2. The van der Waals surface area contributed by atoms with Gasteiger partial charge in [-0.3, -0.25) is 19.2 Å². The van der Waals surface area contributed by atoms with Crippen LogP contribution in [0.3, 0.4) is 0 Å². The van der Waals surface area contributed by atoms with Crippen LogP contribution >= 0.6 is 0 Å². The van der Waals surface area contributed by atoms with Gasteiger partial charge in [-0.2, -0.15) is 0 Å². The van der Waals surface area contributed by atoms with Crippen molar-refractivity contribution in [2.75, 3.05) is 19.9 Å². The van der Waals surface area contributed by atoms with Gasteiger partial charge in [0.2, 0.25) is 6.79 Å². The summed E-state index contributed by atoms with van der Waals surface area (Å²) in [5, 5.41) is 5.43. The van der Waals surface area contributed by atoms with E-state index < -0.39 is 73.3 Å². The Morgan fingerprint density at radius 1 is 1.02 bits per heavy atom. The first-order valence-corrected chi connectivity index (χ1v) is 16.5. The van der Waals surface area contributed by atoms with Gasteiger partial charge >= 0.3 is 23.9 Å². The van der Waals surface area contributed by atoms with E-state index in [2.05, 4.69) is 17.2 Å². The van der Waals surface area contributed by atoms with E-state index in [9.17, 15) is 24.0 Å². The van der Waals surface area contributed by atoms with Crippen molar-refractivity contribution in [2.24, 2.45) is 17.8 Å². The highest BCUT2D eigenvalue weighted by Crippen LogP contribution is 2.25. The first kappa shape index (κ1) is 41.4. The summed E-state index contributed by atoms with van der Waals surface area (Å²) in [5.74, 6) is -5.26. The maximum absolute atomic E-state index is 13.4. The van der Waals surface area contributed by atoms with Crippen LogP contribution in [0.1, 0.15) is 69.3 Å². The number of carbonyl (C=O) groups is 5. The van der Waals surface area contributed by atoms with Crippen molar-refractivity contribution in [3.63, 3.8) is 0 Å². The standard InChI is InChI=1S/C32H40N2O10.2C2H6.H2/c1-7-22-13-14-33-25(27(22)41-17-42-29(36)18(2)3)28(35)34-24-16-40-31(38)23(15-21-11-9-8-10-12-21)26(20(6)43-32(24)39)44-30(37)19(4)5;2*1-2;/h7-13,18-20,23-24,26,33H,1,14-17H2,2-6H3,(H,34,35);2*1-2H3;1H/t20-,23+,24-,26-;;;/m0.../s1. The van der Waals surface area contributed by atoms with Gasteiger partial charge in [-0.25, -0.2) is 4.79 Å². The number of hydrogen-bond acceptors (Lipinski definition) is 11. The molecular weight excluding hydrogens is 620 g/mol. The molecule has 0 saturated carbocycles. The van der Waals surface area contributed by atoms with E-state index in [1.165, 1.54) is 13.0 Å². The second kappa shape index (κ2) is 21.3. The largest absolute Gasteiger partial charge is 0.463 e. The summed E-state index contributed by atoms with van der Waals surface area (Å²) >= 11 is 0. The van der Waals surface area contributed by atoms with E-state index in [-0.39, 0.29) is 31.8 Å². The molecule has 12 heteroatoms. The lowest BCUT2D eigenvalue weighted by Crippen LogP contribution is -2.48.